The van der Waals surface area contributed by atoms with Gasteiger partial charge in [-0.25, -0.2) is 9.78 Å². The van der Waals surface area contributed by atoms with Gasteiger partial charge in [0.15, 0.2) is 5.69 Å². The molecule has 0 radical (unpaired) electrons. The average Bonchev–Trinajstić information content (AvgIpc) is 2.53. The zero-order chi connectivity index (χ0) is 15.8. The number of pyridine rings is 1. The lowest BCUT2D eigenvalue weighted by molar-refractivity contribution is 0.141. The molecule has 0 aliphatic rings. The van der Waals surface area contributed by atoms with E-state index in [0.717, 1.165) is 5.56 Å². The molecule has 0 fully saturated rings. The number of alkyl carbamates (subject to hydrolysis) is 1. The number of nitrogens with zero attached hydrogens (tertiary/aromatic N) is 1. The summed E-state index contributed by atoms with van der Waals surface area (Å²) in [6, 6.07) is 12.2. The van der Waals surface area contributed by atoms with Gasteiger partial charge >= 0.3 is 6.09 Å². The van der Waals surface area contributed by atoms with Gasteiger partial charge in [-0.1, -0.05) is 47.9 Å². The Balaban J connectivity index is 1.78. The predicted molar refractivity (Wildman–Crippen MR) is 82.4 cm³/mol. The highest BCUT2D eigenvalue weighted by Crippen LogP contribution is 2.15. The number of carbonyl (C=O) groups is 1. The van der Waals surface area contributed by atoms with Gasteiger partial charge in [-0.05, 0) is 23.6 Å². The first-order valence-corrected chi connectivity index (χ1v) is 6.82. The lowest BCUT2D eigenvalue weighted by Gasteiger charge is -2.04. The molecule has 1 heterocycles. The molecule has 0 aliphatic heterocycles. The molecule has 2 N–H and O–H groups in total. The number of benzene rings is 1. The molecule has 2 rings (SSSR count). The molecule has 1 amide bonds. The Labute approximate surface area is 132 Å². The summed E-state index contributed by atoms with van der Waals surface area (Å²) in [5.74, 6) is 5.21. The quantitative estimate of drug-likeness (QED) is 0.674. The first-order chi connectivity index (χ1) is 10.6. The number of hydrogen-bond acceptors (Lipinski definition) is 4. The molecular formula is C16H13ClN2O3. The Morgan fingerprint density at radius 1 is 1.27 bits per heavy atom. The molecule has 1 aromatic heterocycles. The monoisotopic (exact) mass is 316 g/mol. The maximum absolute atomic E-state index is 11.5. The maximum atomic E-state index is 11.5. The first-order valence-electron chi connectivity index (χ1n) is 6.44. The first kappa shape index (κ1) is 15.7. The normalized spacial score (nSPS) is 9.50. The summed E-state index contributed by atoms with van der Waals surface area (Å²) in [5, 5.41) is 12.2. The minimum atomic E-state index is -0.568. The van der Waals surface area contributed by atoms with E-state index in [1.807, 2.05) is 30.3 Å². The van der Waals surface area contributed by atoms with Gasteiger partial charge in [0.2, 0.25) is 0 Å². The number of amides is 1. The van der Waals surface area contributed by atoms with Crippen LogP contribution in [-0.2, 0) is 11.3 Å². The van der Waals surface area contributed by atoms with E-state index in [0.29, 0.717) is 0 Å². The van der Waals surface area contributed by atoms with E-state index in [9.17, 15) is 9.90 Å². The Hall–Kier alpha value is -2.71. The van der Waals surface area contributed by atoms with Gasteiger partial charge in [0.1, 0.15) is 17.5 Å². The summed E-state index contributed by atoms with van der Waals surface area (Å²) in [5.41, 5.74) is 1.06. The van der Waals surface area contributed by atoms with Crippen molar-refractivity contribution >= 4 is 17.7 Å². The number of halogens is 1. The van der Waals surface area contributed by atoms with Crippen molar-refractivity contribution in [1.82, 2.24) is 10.3 Å². The molecule has 22 heavy (non-hydrogen) atoms. The second-order valence-corrected chi connectivity index (χ2v) is 4.61. The molecule has 6 heteroatoms. The fraction of sp³-hybridized carbons (Fsp3) is 0.125. The van der Waals surface area contributed by atoms with Crippen molar-refractivity contribution in [1.29, 1.82) is 0 Å². The van der Waals surface area contributed by atoms with Crippen LogP contribution in [0.4, 0.5) is 4.79 Å². The topological polar surface area (TPSA) is 71.5 Å². The lowest BCUT2D eigenvalue weighted by atomic mass is 10.2. The SMILES string of the molecule is O=C(NCC#Cc1nc(Cl)ccc1O)OCc1ccccc1. The van der Waals surface area contributed by atoms with Crippen molar-refractivity contribution in [2.45, 2.75) is 6.61 Å². The van der Waals surface area contributed by atoms with Crippen LogP contribution in [0, 0.1) is 11.8 Å². The van der Waals surface area contributed by atoms with Gasteiger partial charge in [-0.15, -0.1) is 0 Å². The molecule has 0 saturated heterocycles. The third-order valence-corrected chi connectivity index (χ3v) is 2.79. The van der Waals surface area contributed by atoms with Gasteiger partial charge in [-0.3, -0.25) is 0 Å². The molecular weight excluding hydrogens is 304 g/mol. The Morgan fingerprint density at radius 3 is 2.82 bits per heavy atom. The standard InChI is InChI=1S/C16H13ClN2O3/c17-15-9-8-14(20)13(19-15)7-4-10-18-16(21)22-11-12-5-2-1-3-6-12/h1-3,5-6,8-9,20H,10-11H2,(H,18,21). The number of ether oxygens (including phenoxy) is 1. The summed E-state index contributed by atoms with van der Waals surface area (Å²) in [4.78, 5) is 15.3. The maximum Gasteiger partial charge on any atom is 0.408 e. The number of nitrogens with one attached hydrogen (secondary N) is 1. The van der Waals surface area contributed by atoms with Gasteiger partial charge in [-0.2, -0.15) is 0 Å². The Bertz CT molecular complexity index is 708. The van der Waals surface area contributed by atoms with E-state index >= 15 is 0 Å². The Kier molecular flexibility index (Phi) is 5.64. The van der Waals surface area contributed by atoms with Crippen LogP contribution in [0.25, 0.3) is 0 Å². The summed E-state index contributed by atoms with van der Waals surface area (Å²) in [6.07, 6.45) is -0.568. The number of hydrogen-bond donors (Lipinski definition) is 2. The summed E-state index contributed by atoms with van der Waals surface area (Å²) in [6.45, 7) is 0.262. The van der Waals surface area contributed by atoms with Gasteiger partial charge in [0.05, 0.1) is 6.54 Å². The third-order valence-electron chi connectivity index (χ3n) is 2.58. The second kappa shape index (κ2) is 7.91. The molecule has 0 aliphatic carbocycles. The van der Waals surface area contributed by atoms with Gasteiger partial charge < -0.3 is 15.2 Å². The van der Waals surface area contributed by atoms with Crippen LogP contribution >= 0.6 is 11.6 Å². The molecule has 5 nitrogen and oxygen atoms in total. The van der Waals surface area contributed by atoms with Crippen molar-refractivity contribution in [3.8, 4) is 17.6 Å². The largest absolute Gasteiger partial charge is 0.505 e. The molecule has 1 aromatic carbocycles. The molecule has 0 atom stereocenters. The van der Waals surface area contributed by atoms with Crippen molar-refractivity contribution in [2.75, 3.05) is 6.54 Å². The molecule has 0 spiro atoms. The minimum absolute atomic E-state index is 0.0662. The average molecular weight is 317 g/mol. The Morgan fingerprint density at radius 2 is 2.05 bits per heavy atom. The van der Waals surface area contributed by atoms with Crippen molar-refractivity contribution in [3.05, 3.63) is 58.9 Å². The van der Waals surface area contributed by atoms with E-state index in [-0.39, 0.29) is 29.7 Å². The molecule has 0 bridgehead atoms. The summed E-state index contributed by atoms with van der Waals surface area (Å²) >= 11 is 5.70. The fourth-order valence-corrected chi connectivity index (χ4v) is 1.69. The smallest absolute Gasteiger partial charge is 0.408 e. The molecule has 0 saturated carbocycles. The van der Waals surface area contributed by atoms with Gasteiger partial charge in [0, 0.05) is 0 Å². The van der Waals surface area contributed by atoms with E-state index in [2.05, 4.69) is 22.1 Å². The summed E-state index contributed by atoms with van der Waals surface area (Å²) < 4.78 is 5.02. The summed E-state index contributed by atoms with van der Waals surface area (Å²) in [7, 11) is 0. The van der Waals surface area contributed by atoms with Crippen LogP contribution in [0.15, 0.2) is 42.5 Å². The van der Waals surface area contributed by atoms with Crippen LogP contribution in [0.3, 0.4) is 0 Å². The fourth-order valence-electron chi connectivity index (χ4n) is 1.54. The van der Waals surface area contributed by atoms with Crippen LogP contribution in [0.5, 0.6) is 5.75 Å². The highest BCUT2D eigenvalue weighted by Gasteiger charge is 2.01. The second-order valence-electron chi connectivity index (χ2n) is 4.22. The van der Waals surface area contributed by atoms with E-state index in [1.54, 1.807) is 0 Å². The van der Waals surface area contributed by atoms with Crippen LogP contribution in [0.2, 0.25) is 5.15 Å². The third kappa shape index (κ3) is 5.00. The minimum Gasteiger partial charge on any atom is -0.505 e. The van der Waals surface area contributed by atoms with Gasteiger partial charge in [0.25, 0.3) is 0 Å². The number of rotatable bonds is 3. The highest BCUT2D eigenvalue weighted by molar-refractivity contribution is 6.29. The number of aromatic hydroxyl groups is 1. The van der Waals surface area contributed by atoms with Crippen LogP contribution in [-0.4, -0.2) is 22.7 Å². The molecule has 0 unspecified atom stereocenters. The zero-order valence-corrected chi connectivity index (χ0v) is 12.3. The highest BCUT2D eigenvalue weighted by atomic mass is 35.5. The van der Waals surface area contributed by atoms with Crippen molar-refractivity contribution in [3.63, 3.8) is 0 Å². The van der Waals surface area contributed by atoms with Crippen LogP contribution in [0.1, 0.15) is 11.3 Å². The van der Waals surface area contributed by atoms with Crippen molar-refractivity contribution in [2.24, 2.45) is 0 Å². The number of aromatic nitrogens is 1. The van der Waals surface area contributed by atoms with E-state index in [4.69, 9.17) is 16.3 Å². The lowest BCUT2D eigenvalue weighted by Crippen LogP contribution is -2.24. The predicted octanol–water partition coefficient (Wildman–Crippen LogP) is 2.72. The van der Waals surface area contributed by atoms with E-state index < -0.39 is 6.09 Å². The molecule has 2 aromatic rings. The van der Waals surface area contributed by atoms with Crippen molar-refractivity contribution < 1.29 is 14.6 Å². The van der Waals surface area contributed by atoms with E-state index in [1.165, 1.54) is 12.1 Å². The zero-order valence-electron chi connectivity index (χ0n) is 11.5. The number of carbonyl (C=O) groups excluding carboxylic acids is 1. The van der Waals surface area contributed by atoms with Crippen LogP contribution < -0.4 is 5.32 Å². The molecule has 112 valence electrons.